The first-order valence-corrected chi connectivity index (χ1v) is 6.97. The van der Waals surface area contributed by atoms with E-state index >= 15 is 0 Å². The number of aromatic nitrogens is 2. The van der Waals surface area contributed by atoms with Gasteiger partial charge in [0.2, 0.25) is 0 Å². The molecule has 0 amide bonds. The Labute approximate surface area is 109 Å². The SMILES string of the molecule is Cc1c(N)nc(C2CC2)nc1N1CC(C)CC1C. The van der Waals surface area contributed by atoms with Crippen LogP contribution in [0.5, 0.6) is 0 Å². The van der Waals surface area contributed by atoms with Gasteiger partial charge in [0, 0.05) is 24.1 Å². The molecule has 1 saturated carbocycles. The number of hydrogen-bond acceptors (Lipinski definition) is 4. The third-order valence-electron chi connectivity index (χ3n) is 4.17. The fourth-order valence-corrected chi connectivity index (χ4v) is 2.94. The second-order valence-electron chi connectivity index (χ2n) is 6.03. The highest BCUT2D eigenvalue weighted by atomic mass is 15.2. The van der Waals surface area contributed by atoms with Crippen LogP contribution in [0.25, 0.3) is 0 Å². The molecule has 1 aromatic rings. The van der Waals surface area contributed by atoms with Gasteiger partial charge in [0.15, 0.2) is 0 Å². The maximum Gasteiger partial charge on any atom is 0.137 e. The average Bonchev–Trinajstić information content (AvgIpc) is 3.09. The number of rotatable bonds is 2. The Morgan fingerprint density at radius 1 is 1.22 bits per heavy atom. The zero-order valence-corrected chi connectivity index (χ0v) is 11.5. The Morgan fingerprint density at radius 3 is 2.50 bits per heavy atom. The summed E-state index contributed by atoms with van der Waals surface area (Å²) in [5.74, 6) is 3.98. The van der Waals surface area contributed by atoms with Crippen molar-refractivity contribution in [3.8, 4) is 0 Å². The predicted molar refractivity (Wildman–Crippen MR) is 73.7 cm³/mol. The molecule has 2 fully saturated rings. The fraction of sp³-hybridized carbons (Fsp3) is 0.714. The van der Waals surface area contributed by atoms with Crippen molar-refractivity contribution in [1.82, 2.24) is 9.97 Å². The molecule has 0 spiro atoms. The smallest absolute Gasteiger partial charge is 0.137 e. The maximum atomic E-state index is 6.06. The maximum absolute atomic E-state index is 6.06. The summed E-state index contributed by atoms with van der Waals surface area (Å²) in [6.45, 7) is 7.70. The average molecular weight is 246 g/mol. The molecular weight excluding hydrogens is 224 g/mol. The standard InChI is InChI=1S/C14H22N4/c1-8-6-9(2)18(7-8)14-10(3)12(15)16-13(17-14)11-4-5-11/h8-9,11H,4-7H2,1-3H3,(H2,15,16,17). The van der Waals surface area contributed by atoms with Gasteiger partial charge >= 0.3 is 0 Å². The summed E-state index contributed by atoms with van der Waals surface area (Å²) in [6.07, 6.45) is 3.67. The molecule has 0 bridgehead atoms. The molecule has 0 radical (unpaired) electrons. The second-order valence-corrected chi connectivity index (χ2v) is 6.03. The molecule has 2 N–H and O–H groups in total. The van der Waals surface area contributed by atoms with Crippen molar-refractivity contribution in [2.45, 2.75) is 52.0 Å². The van der Waals surface area contributed by atoms with E-state index < -0.39 is 0 Å². The normalized spacial score (nSPS) is 27.8. The topological polar surface area (TPSA) is 55.0 Å². The molecule has 2 heterocycles. The van der Waals surface area contributed by atoms with Crippen LogP contribution in [0.3, 0.4) is 0 Å². The first kappa shape index (κ1) is 11.8. The van der Waals surface area contributed by atoms with Crippen LogP contribution in [0.1, 0.15) is 50.4 Å². The van der Waals surface area contributed by atoms with Crippen LogP contribution in [0.15, 0.2) is 0 Å². The van der Waals surface area contributed by atoms with Crippen molar-refractivity contribution in [1.29, 1.82) is 0 Å². The van der Waals surface area contributed by atoms with E-state index in [1.807, 2.05) is 6.92 Å². The minimum Gasteiger partial charge on any atom is -0.383 e. The molecule has 1 aliphatic heterocycles. The second kappa shape index (κ2) is 4.11. The van der Waals surface area contributed by atoms with Crippen molar-refractivity contribution in [2.24, 2.45) is 5.92 Å². The van der Waals surface area contributed by atoms with E-state index in [9.17, 15) is 0 Å². The van der Waals surface area contributed by atoms with Gasteiger partial charge < -0.3 is 10.6 Å². The van der Waals surface area contributed by atoms with Crippen LogP contribution in [0.2, 0.25) is 0 Å². The summed E-state index contributed by atoms with van der Waals surface area (Å²) < 4.78 is 0. The van der Waals surface area contributed by atoms with Gasteiger partial charge in [-0.15, -0.1) is 0 Å². The van der Waals surface area contributed by atoms with E-state index in [1.54, 1.807) is 0 Å². The molecule has 98 valence electrons. The van der Waals surface area contributed by atoms with Crippen LogP contribution < -0.4 is 10.6 Å². The molecule has 18 heavy (non-hydrogen) atoms. The minimum atomic E-state index is 0.556. The minimum absolute atomic E-state index is 0.556. The van der Waals surface area contributed by atoms with E-state index in [4.69, 9.17) is 10.7 Å². The van der Waals surface area contributed by atoms with Crippen molar-refractivity contribution in [3.63, 3.8) is 0 Å². The first-order valence-electron chi connectivity index (χ1n) is 6.97. The van der Waals surface area contributed by atoms with Gasteiger partial charge in [0.05, 0.1) is 0 Å². The first-order chi connectivity index (χ1) is 8.56. The molecular formula is C14H22N4. The van der Waals surface area contributed by atoms with Crippen LogP contribution in [0, 0.1) is 12.8 Å². The molecule has 3 rings (SSSR count). The van der Waals surface area contributed by atoms with Crippen molar-refractivity contribution in [3.05, 3.63) is 11.4 Å². The fourth-order valence-electron chi connectivity index (χ4n) is 2.94. The summed E-state index contributed by atoms with van der Waals surface area (Å²) in [6, 6.07) is 0.556. The lowest BCUT2D eigenvalue weighted by Crippen LogP contribution is -2.29. The Hall–Kier alpha value is -1.32. The monoisotopic (exact) mass is 246 g/mol. The predicted octanol–water partition coefficient (Wildman–Crippen LogP) is 2.48. The summed E-state index contributed by atoms with van der Waals surface area (Å²) in [5, 5.41) is 0. The quantitative estimate of drug-likeness (QED) is 0.871. The summed E-state index contributed by atoms with van der Waals surface area (Å²) in [4.78, 5) is 11.7. The highest BCUT2D eigenvalue weighted by molar-refractivity contribution is 5.58. The molecule has 1 aliphatic carbocycles. The third kappa shape index (κ3) is 1.93. The molecule has 4 nitrogen and oxygen atoms in total. The van der Waals surface area contributed by atoms with E-state index in [0.717, 1.165) is 29.7 Å². The van der Waals surface area contributed by atoms with Crippen LogP contribution in [0.4, 0.5) is 11.6 Å². The van der Waals surface area contributed by atoms with Crippen LogP contribution in [-0.4, -0.2) is 22.6 Å². The summed E-state index contributed by atoms with van der Waals surface area (Å²) in [5.41, 5.74) is 7.10. The number of anilines is 2. The number of nitrogens with zero attached hydrogens (tertiary/aromatic N) is 3. The lowest BCUT2D eigenvalue weighted by Gasteiger charge is -2.25. The number of nitrogen functional groups attached to an aromatic ring is 1. The molecule has 0 aromatic carbocycles. The van der Waals surface area contributed by atoms with Crippen molar-refractivity contribution < 1.29 is 0 Å². The van der Waals surface area contributed by atoms with Gasteiger partial charge in [0.1, 0.15) is 17.5 Å². The van der Waals surface area contributed by atoms with Gasteiger partial charge in [-0.3, -0.25) is 0 Å². The van der Waals surface area contributed by atoms with Crippen molar-refractivity contribution >= 4 is 11.6 Å². The molecule has 2 aliphatic rings. The zero-order valence-electron chi connectivity index (χ0n) is 11.5. The van der Waals surface area contributed by atoms with E-state index in [0.29, 0.717) is 17.8 Å². The molecule has 1 aromatic heterocycles. The third-order valence-corrected chi connectivity index (χ3v) is 4.17. The summed E-state index contributed by atoms with van der Waals surface area (Å²) in [7, 11) is 0. The van der Waals surface area contributed by atoms with Gasteiger partial charge in [-0.05, 0) is 39.0 Å². The Kier molecular flexibility index (Phi) is 2.68. The van der Waals surface area contributed by atoms with E-state index in [1.165, 1.54) is 19.3 Å². The van der Waals surface area contributed by atoms with E-state index in [2.05, 4.69) is 23.7 Å². The number of nitrogens with two attached hydrogens (primary N) is 1. The van der Waals surface area contributed by atoms with Crippen LogP contribution in [-0.2, 0) is 0 Å². The number of hydrogen-bond donors (Lipinski definition) is 1. The van der Waals surface area contributed by atoms with Gasteiger partial charge in [0.25, 0.3) is 0 Å². The lowest BCUT2D eigenvalue weighted by atomic mass is 10.1. The largest absolute Gasteiger partial charge is 0.383 e. The molecule has 2 unspecified atom stereocenters. The Bertz CT molecular complexity index is 467. The molecule has 2 atom stereocenters. The lowest BCUT2D eigenvalue weighted by molar-refractivity contribution is 0.625. The van der Waals surface area contributed by atoms with Gasteiger partial charge in [-0.1, -0.05) is 6.92 Å². The zero-order chi connectivity index (χ0) is 12.9. The molecule has 4 heteroatoms. The summed E-state index contributed by atoms with van der Waals surface area (Å²) >= 11 is 0. The van der Waals surface area contributed by atoms with Crippen molar-refractivity contribution in [2.75, 3.05) is 17.2 Å². The molecule has 1 saturated heterocycles. The van der Waals surface area contributed by atoms with E-state index in [-0.39, 0.29) is 0 Å². The highest BCUT2D eigenvalue weighted by Gasteiger charge is 2.32. The highest BCUT2D eigenvalue weighted by Crippen LogP contribution is 2.40. The van der Waals surface area contributed by atoms with Gasteiger partial charge in [-0.2, -0.15) is 0 Å². The Morgan fingerprint density at radius 2 is 1.94 bits per heavy atom. The van der Waals surface area contributed by atoms with Gasteiger partial charge in [-0.25, -0.2) is 9.97 Å². The Balaban J connectivity index is 1.99. The van der Waals surface area contributed by atoms with Crippen LogP contribution >= 0.6 is 0 Å².